The second-order valence-corrected chi connectivity index (χ2v) is 3.06. The van der Waals surface area contributed by atoms with Crippen molar-refractivity contribution in [2.24, 2.45) is 0 Å². The van der Waals surface area contributed by atoms with Crippen LogP contribution >= 0.6 is 0 Å². The van der Waals surface area contributed by atoms with Crippen molar-refractivity contribution in [1.82, 2.24) is 9.88 Å². The van der Waals surface area contributed by atoms with E-state index in [-0.39, 0.29) is 5.69 Å². The van der Waals surface area contributed by atoms with E-state index in [1.165, 1.54) is 6.07 Å². The minimum Gasteiger partial charge on any atom is -0.477 e. The van der Waals surface area contributed by atoms with Crippen LogP contribution in [-0.4, -0.2) is 35.1 Å². The minimum absolute atomic E-state index is 0.0966. The Hall–Kier alpha value is -1.42. The van der Waals surface area contributed by atoms with Gasteiger partial charge >= 0.3 is 5.97 Å². The first-order valence-electron chi connectivity index (χ1n) is 3.93. The molecular weight excluding hydrogens is 168 g/mol. The van der Waals surface area contributed by atoms with Crippen LogP contribution in [0.2, 0.25) is 0 Å². The fourth-order valence-corrected chi connectivity index (χ4v) is 1.01. The van der Waals surface area contributed by atoms with Crippen LogP contribution in [0.15, 0.2) is 18.2 Å². The molecule has 1 heterocycles. The maximum atomic E-state index is 10.6. The summed E-state index contributed by atoms with van der Waals surface area (Å²) >= 11 is 0. The number of carbonyl (C=O) groups is 1. The Morgan fingerprint density at radius 2 is 2.23 bits per heavy atom. The van der Waals surface area contributed by atoms with Crippen molar-refractivity contribution in [3.8, 4) is 0 Å². The van der Waals surface area contributed by atoms with E-state index >= 15 is 0 Å². The molecule has 0 atom stereocenters. The van der Waals surface area contributed by atoms with Gasteiger partial charge in [0.05, 0.1) is 5.69 Å². The highest BCUT2D eigenvalue weighted by Crippen LogP contribution is 2.01. The van der Waals surface area contributed by atoms with E-state index in [9.17, 15) is 4.79 Å². The van der Waals surface area contributed by atoms with E-state index in [4.69, 9.17) is 5.11 Å². The average Bonchev–Trinajstić information content (AvgIpc) is 2.03. The lowest BCUT2D eigenvalue weighted by atomic mass is 10.3. The van der Waals surface area contributed by atoms with Gasteiger partial charge in [-0.05, 0) is 26.2 Å². The summed E-state index contributed by atoms with van der Waals surface area (Å²) in [5.41, 5.74) is 0.865. The highest BCUT2D eigenvalue weighted by molar-refractivity contribution is 5.85. The van der Waals surface area contributed by atoms with Gasteiger partial charge < -0.3 is 10.0 Å². The minimum atomic E-state index is -0.986. The number of nitrogens with zero attached hydrogens (tertiary/aromatic N) is 2. The van der Waals surface area contributed by atoms with Crippen molar-refractivity contribution in [3.05, 3.63) is 29.6 Å². The molecule has 0 amide bonds. The monoisotopic (exact) mass is 180 g/mol. The summed E-state index contributed by atoms with van der Waals surface area (Å²) in [4.78, 5) is 16.5. The van der Waals surface area contributed by atoms with Gasteiger partial charge in [-0.1, -0.05) is 6.07 Å². The smallest absolute Gasteiger partial charge is 0.354 e. The molecule has 0 saturated heterocycles. The molecular formula is C9H12N2O2. The van der Waals surface area contributed by atoms with E-state index in [2.05, 4.69) is 4.98 Å². The van der Waals surface area contributed by atoms with Gasteiger partial charge in [0.25, 0.3) is 0 Å². The van der Waals surface area contributed by atoms with Crippen LogP contribution in [0.1, 0.15) is 16.2 Å². The molecule has 4 nitrogen and oxygen atoms in total. The largest absolute Gasteiger partial charge is 0.477 e. The first-order valence-corrected chi connectivity index (χ1v) is 3.93. The molecule has 0 saturated carbocycles. The third-order valence-corrected chi connectivity index (χ3v) is 1.50. The number of carboxylic acids is 1. The second-order valence-electron chi connectivity index (χ2n) is 3.06. The van der Waals surface area contributed by atoms with Crippen molar-refractivity contribution in [2.75, 3.05) is 14.1 Å². The Labute approximate surface area is 76.8 Å². The summed E-state index contributed by atoms with van der Waals surface area (Å²) < 4.78 is 0. The molecule has 0 fully saturated rings. The number of carboxylic acid groups (broad SMARTS) is 1. The molecule has 70 valence electrons. The molecule has 0 aliphatic carbocycles. The van der Waals surface area contributed by atoms with Crippen molar-refractivity contribution in [1.29, 1.82) is 0 Å². The van der Waals surface area contributed by atoms with E-state index < -0.39 is 5.97 Å². The average molecular weight is 180 g/mol. The van der Waals surface area contributed by atoms with Crippen LogP contribution in [0.4, 0.5) is 0 Å². The third-order valence-electron chi connectivity index (χ3n) is 1.50. The lowest BCUT2D eigenvalue weighted by Gasteiger charge is -2.08. The zero-order chi connectivity index (χ0) is 9.84. The molecule has 1 N–H and O–H groups in total. The molecule has 4 heteroatoms. The SMILES string of the molecule is CN(C)Cc1cccc(C(=O)O)n1. The third kappa shape index (κ3) is 2.83. The Morgan fingerprint density at radius 3 is 2.77 bits per heavy atom. The molecule has 0 bridgehead atoms. The van der Waals surface area contributed by atoms with E-state index in [1.54, 1.807) is 6.07 Å². The first kappa shape index (κ1) is 9.67. The Bertz CT molecular complexity index is 310. The topological polar surface area (TPSA) is 53.4 Å². The molecule has 0 unspecified atom stereocenters. The van der Waals surface area contributed by atoms with Crippen molar-refractivity contribution >= 4 is 5.97 Å². The standard InChI is InChI=1S/C9H12N2O2/c1-11(2)6-7-4-3-5-8(10-7)9(12)13/h3-5H,6H2,1-2H3,(H,12,13). The summed E-state index contributed by atoms with van der Waals surface area (Å²) in [5.74, 6) is -0.986. The van der Waals surface area contributed by atoms with E-state index in [0.717, 1.165) is 5.69 Å². The van der Waals surface area contributed by atoms with Crippen molar-refractivity contribution in [3.63, 3.8) is 0 Å². The number of hydrogen-bond donors (Lipinski definition) is 1. The van der Waals surface area contributed by atoms with Crippen LogP contribution < -0.4 is 0 Å². The zero-order valence-electron chi connectivity index (χ0n) is 7.69. The Morgan fingerprint density at radius 1 is 1.54 bits per heavy atom. The number of aromatic nitrogens is 1. The lowest BCUT2D eigenvalue weighted by Crippen LogP contribution is -2.13. The molecule has 0 spiro atoms. The predicted octanol–water partition coefficient (Wildman–Crippen LogP) is 0.841. The lowest BCUT2D eigenvalue weighted by molar-refractivity contribution is 0.0690. The number of rotatable bonds is 3. The fourth-order valence-electron chi connectivity index (χ4n) is 1.01. The predicted molar refractivity (Wildman–Crippen MR) is 48.6 cm³/mol. The van der Waals surface area contributed by atoms with Gasteiger partial charge in [-0.2, -0.15) is 0 Å². The van der Waals surface area contributed by atoms with Gasteiger partial charge in [0.1, 0.15) is 5.69 Å². The molecule has 1 rings (SSSR count). The summed E-state index contributed by atoms with van der Waals surface area (Å²) in [6, 6.07) is 5.00. The number of pyridine rings is 1. The molecule has 0 radical (unpaired) electrons. The van der Waals surface area contributed by atoms with Crippen LogP contribution in [-0.2, 0) is 6.54 Å². The number of aromatic carboxylic acids is 1. The van der Waals surface area contributed by atoms with Gasteiger partial charge in [0.15, 0.2) is 0 Å². The van der Waals surface area contributed by atoms with Gasteiger partial charge in [-0.15, -0.1) is 0 Å². The highest BCUT2D eigenvalue weighted by atomic mass is 16.4. The Kier molecular flexibility index (Phi) is 2.97. The summed E-state index contributed by atoms with van der Waals surface area (Å²) in [6.07, 6.45) is 0. The molecule has 13 heavy (non-hydrogen) atoms. The van der Waals surface area contributed by atoms with Gasteiger partial charge in [-0.25, -0.2) is 9.78 Å². The summed E-state index contributed by atoms with van der Waals surface area (Å²) in [5, 5.41) is 8.67. The molecule has 0 aromatic carbocycles. The van der Waals surface area contributed by atoms with Crippen LogP contribution in [0.25, 0.3) is 0 Å². The van der Waals surface area contributed by atoms with Crippen LogP contribution in [0.3, 0.4) is 0 Å². The van der Waals surface area contributed by atoms with E-state index in [0.29, 0.717) is 6.54 Å². The Balaban J connectivity index is 2.85. The van der Waals surface area contributed by atoms with Gasteiger partial charge in [0, 0.05) is 6.54 Å². The first-order chi connectivity index (χ1) is 6.09. The van der Waals surface area contributed by atoms with Gasteiger partial charge in [-0.3, -0.25) is 0 Å². The molecule has 0 aliphatic heterocycles. The quantitative estimate of drug-likeness (QED) is 0.749. The molecule has 1 aromatic rings. The zero-order valence-corrected chi connectivity index (χ0v) is 7.69. The molecule has 0 aliphatic rings. The molecule has 1 aromatic heterocycles. The maximum absolute atomic E-state index is 10.6. The normalized spacial score (nSPS) is 10.4. The van der Waals surface area contributed by atoms with Crippen molar-refractivity contribution in [2.45, 2.75) is 6.54 Å². The van der Waals surface area contributed by atoms with E-state index in [1.807, 2.05) is 25.1 Å². The van der Waals surface area contributed by atoms with Gasteiger partial charge in [0.2, 0.25) is 0 Å². The van der Waals surface area contributed by atoms with Crippen molar-refractivity contribution < 1.29 is 9.90 Å². The summed E-state index contributed by atoms with van der Waals surface area (Å²) in [6.45, 7) is 0.654. The second kappa shape index (κ2) is 4.00. The van der Waals surface area contributed by atoms with Crippen LogP contribution in [0, 0.1) is 0 Å². The fraction of sp³-hybridized carbons (Fsp3) is 0.333. The van der Waals surface area contributed by atoms with Crippen LogP contribution in [0.5, 0.6) is 0 Å². The maximum Gasteiger partial charge on any atom is 0.354 e. The number of hydrogen-bond acceptors (Lipinski definition) is 3. The summed E-state index contributed by atoms with van der Waals surface area (Å²) in [7, 11) is 3.82. The highest BCUT2D eigenvalue weighted by Gasteiger charge is 2.04.